The predicted molar refractivity (Wildman–Crippen MR) is 82.5 cm³/mol. The Morgan fingerprint density at radius 3 is 2.71 bits per heavy atom. The minimum atomic E-state index is -4.44. The van der Waals surface area contributed by atoms with Crippen LogP contribution in [0, 0.1) is 12.8 Å². The van der Waals surface area contributed by atoms with Gasteiger partial charge in [0, 0.05) is 25.5 Å². The first-order chi connectivity index (χ1) is 11.3. The van der Waals surface area contributed by atoms with Crippen LogP contribution in [0.3, 0.4) is 0 Å². The molecule has 0 aliphatic carbocycles. The van der Waals surface area contributed by atoms with Crippen molar-refractivity contribution < 1.29 is 18.3 Å². The highest BCUT2D eigenvalue weighted by Gasteiger charge is 2.35. The van der Waals surface area contributed by atoms with Crippen LogP contribution in [0.4, 0.5) is 13.2 Å². The number of rotatable bonds is 4. The third-order valence-corrected chi connectivity index (χ3v) is 3.82. The Morgan fingerprint density at radius 1 is 1.29 bits per heavy atom. The van der Waals surface area contributed by atoms with Crippen LogP contribution in [0.5, 0.6) is 5.88 Å². The second kappa shape index (κ2) is 5.85. The summed E-state index contributed by atoms with van der Waals surface area (Å²) in [5, 5.41) is 14.8. The molecule has 3 aromatic rings. The first kappa shape index (κ1) is 16.4. The van der Waals surface area contributed by atoms with E-state index in [0.29, 0.717) is 23.1 Å². The summed E-state index contributed by atoms with van der Waals surface area (Å²) in [4.78, 5) is 4.16. The van der Waals surface area contributed by atoms with Crippen molar-refractivity contribution in [2.75, 3.05) is 0 Å². The van der Waals surface area contributed by atoms with Crippen molar-refractivity contribution in [1.29, 1.82) is 0 Å². The molecule has 0 aliphatic rings. The summed E-state index contributed by atoms with van der Waals surface area (Å²) in [6, 6.07) is 4.51. The summed E-state index contributed by atoms with van der Waals surface area (Å²) in [6.45, 7) is 3.81. The molecule has 1 unspecified atom stereocenters. The molecule has 0 amide bonds. The first-order valence-corrected chi connectivity index (χ1v) is 7.50. The lowest BCUT2D eigenvalue weighted by molar-refractivity contribution is -0.144. The maximum Gasteiger partial charge on any atom is 0.433 e. The fraction of sp³-hybridized carbons (Fsp3) is 0.375. The molecule has 0 aliphatic heterocycles. The normalized spacial score (nSPS) is 13.5. The van der Waals surface area contributed by atoms with E-state index < -0.39 is 11.9 Å². The Bertz CT molecular complexity index is 866. The van der Waals surface area contributed by atoms with E-state index in [1.54, 1.807) is 29.1 Å². The molecule has 128 valence electrons. The van der Waals surface area contributed by atoms with E-state index >= 15 is 0 Å². The molecule has 0 saturated heterocycles. The number of aromatic nitrogens is 4. The number of alkyl halides is 3. The maximum atomic E-state index is 13.0. The molecule has 24 heavy (non-hydrogen) atoms. The highest BCUT2D eigenvalue weighted by molar-refractivity contribution is 5.84. The number of aryl methyl sites for hydroxylation is 1. The number of hydrogen-bond donors (Lipinski definition) is 1. The van der Waals surface area contributed by atoms with Gasteiger partial charge >= 0.3 is 6.18 Å². The highest BCUT2D eigenvalue weighted by Crippen LogP contribution is 2.31. The van der Waals surface area contributed by atoms with Gasteiger partial charge in [-0.25, -0.2) is 0 Å². The van der Waals surface area contributed by atoms with Crippen molar-refractivity contribution in [2.45, 2.75) is 33.1 Å². The van der Waals surface area contributed by atoms with Gasteiger partial charge in [-0.15, -0.1) is 0 Å². The van der Waals surface area contributed by atoms with E-state index in [2.05, 4.69) is 10.1 Å². The fourth-order valence-corrected chi connectivity index (χ4v) is 2.81. The van der Waals surface area contributed by atoms with Gasteiger partial charge in [0.1, 0.15) is 5.69 Å². The SMILES string of the molecule is Cc1cc(C(F)(F)F)n(CC(C)Cn2cc3ncccc3c2O)n1. The van der Waals surface area contributed by atoms with Gasteiger partial charge in [0.05, 0.1) is 16.6 Å². The third-order valence-electron chi connectivity index (χ3n) is 3.82. The molecule has 3 aromatic heterocycles. The standard InChI is InChI=1S/C16H17F3N4O/c1-10(8-23-14(16(17,18)19)6-11(2)21-23)7-22-9-13-12(15(22)24)4-3-5-20-13/h3-6,9-10,24H,7-8H2,1-2H3. The summed E-state index contributed by atoms with van der Waals surface area (Å²) in [5.41, 5.74) is 0.219. The molecular weight excluding hydrogens is 321 g/mol. The molecule has 0 saturated carbocycles. The third kappa shape index (κ3) is 3.08. The molecule has 0 radical (unpaired) electrons. The second-order valence-electron chi connectivity index (χ2n) is 6.00. The van der Waals surface area contributed by atoms with E-state index in [1.165, 1.54) is 6.92 Å². The Kier molecular flexibility index (Phi) is 3.98. The quantitative estimate of drug-likeness (QED) is 0.791. The lowest BCUT2D eigenvalue weighted by Gasteiger charge is -2.16. The van der Waals surface area contributed by atoms with Crippen molar-refractivity contribution >= 4 is 10.9 Å². The van der Waals surface area contributed by atoms with Gasteiger partial charge in [-0.1, -0.05) is 6.92 Å². The molecule has 3 rings (SSSR count). The monoisotopic (exact) mass is 338 g/mol. The second-order valence-corrected chi connectivity index (χ2v) is 6.00. The number of halogens is 3. The van der Waals surface area contributed by atoms with Gasteiger partial charge in [0.15, 0.2) is 0 Å². The molecule has 8 heteroatoms. The molecule has 0 spiro atoms. The molecule has 0 fully saturated rings. The summed E-state index contributed by atoms with van der Waals surface area (Å²) in [7, 11) is 0. The van der Waals surface area contributed by atoms with Crippen molar-refractivity contribution in [2.24, 2.45) is 5.92 Å². The minimum absolute atomic E-state index is 0.0673. The number of hydrogen-bond acceptors (Lipinski definition) is 3. The van der Waals surface area contributed by atoms with Crippen LogP contribution in [-0.2, 0) is 19.3 Å². The molecule has 3 heterocycles. The largest absolute Gasteiger partial charge is 0.494 e. The maximum absolute atomic E-state index is 13.0. The summed E-state index contributed by atoms with van der Waals surface area (Å²) < 4.78 is 41.7. The Morgan fingerprint density at radius 2 is 2.04 bits per heavy atom. The molecule has 1 atom stereocenters. The van der Waals surface area contributed by atoms with E-state index in [9.17, 15) is 18.3 Å². The molecular formula is C16H17F3N4O. The van der Waals surface area contributed by atoms with Gasteiger partial charge in [0.2, 0.25) is 5.88 Å². The van der Waals surface area contributed by atoms with Crippen LogP contribution in [0.15, 0.2) is 30.6 Å². The van der Waals surface area contributed by atoms with Crippen LogP contribution in [-0.4, -0.2) is 24.4 Å². The zero-order valence-corrected chi connectivity index (χ0v) is 13.2. The minimum Gasteiger partial charge on any atom is -0.494 e. The van der Waals surface area contributed by atoms with E-state index in [1.807, 2.05) is 6.92 Å². The number of fused-ring (bicyclic) bond motifs is 1. The van der Waals surface area contributed by atoms with Crippen LogP contribution in [0.2, 0.25) is 0 Å². The number of nitrogens with zero attached hydrogens (tertiary/aromatic N) is 4. The molecule has 0 aromatic carbocycles. The van der Waals surface area contributed by atoms with Gasteiger partial charge in [0.25, 0.3) is 0 Å². The van der Waals surface area contributed by atoms with E-state index in [4.69, 9.17) is 0 Å². The molecule has 0 bridgehead atoms. The topological polar surface area (TPSA) is 55.9 Å². The van der Waals surface area contributed by atoms with Gasteiger partial charge in [-0.3, -0.25) is 9.67 Å². The van der Waals surface area contributed by atoms with E-state index in [0.717, 1.165) is 10.7 Å². The highest BCUT2D eigenvalue weighted by atomic mass is 19.4. The first-order valence-electron chi connectivity index (χ1n) is 7.50. The Balaban J connectivity index is 1.81. The van der Waals surface area contributed by atoms with Gasteiger partial charge in [-0.05, 0) is 31.0 Å². The van der Waals surface area contributed by atoms with Crippen LogP contribution in [0.1, 0.15) is 18.3 Å². The van der Waals surface area contributed by atoms with Crippen LogP contribution < -0.4 is 0 Å². The summed E-state index contributed by atoms with van der Waals surface area (Å²) >= 11 is 0. The van der Waals surface area contributed by atoms with Crippen molar-refractivity contribution in [1.82, 2.24) is 19.3 Å². The van der Waals surface area contributed by atoms with E-state index in [-0.39, 0.29) is 18.3 Å². The number of aromatic hydroxyl groups is 1. The zero-order valence-electron chi connectivity index (χ0n) is 13.2. The molecule has 5 nitrogen and oxygen atoms in total. The van der Waals surface area contributed by atoms with Crippen molar-refractivity contribution in [3.8, 4) is 5.88 Å². The smallest absolute Gasteiger partial charge is 0.433 e. The van der Waals surface area contributed by atoms with Crippen molar-refractivity contribution in [3.05, 3.63) is 42.0 Å². The Labute approximate surface area is 136 Å². The van der Waals surface area contributed by atoms with Crippen molar-refractivity contribution in [3.63, 3.8) is 0 Å². The summed E-state index contributed by atoms with van der Waals surface area (Å²) in [5.74, 6) is -0.101. The van der Waals surface area contributed by atoms with Crippen LogP contribution >= 0.6 is 0 Å². The predicted octanol–water partition coefficient (Wildman–Crippen LogP) is 3.60. The fourth-order valence-electron chi connectivity index (χ4n) is 2.81. The summed E-state index contributed by atoms with van der Waals surface area (Å²) in [6.07, 6.45) is -1.12. The lowest BCUT2D eigenvalue weighted by atomic mass is 10.2. The average molecular weight is 338 g/mol. The van der Waals surface area contributed by atoms with Gasteiger partial charge < -0.3 is 9.67 Å². The molecule has 1 N–H and O–H groups in total. The van der Waals surface area contributed by atoms with Crippen LogP contribution in [0.25, 0.3) is 10.9 Å². The zero-order chi connectivity index (χ0) is 17.5. The Hall–Kier alpha value is -2.51. The van der Waals surface area contributed by atoms with Gasteiger partial charge in [-0.2, -0.15) is 18.3 Å². The average Bonchev–Trinajstić information content (AvgIpc) is 3.00. The lowest BCUT2D eigenvalue weighted by Crippen LogP contribution is -2.20. The number of pyridine rings is 1.